The van der Waals surface area contributed by atoms with Gasteiger partial charge in [0.05, 0.1) is 0 Å². The minimum atomic E-state index is 0.000962. The molecule has 0 spiro atoms. The highest BCUT2D eigenvalue weighted by atomic mass is 16.1. The average Bonchev–Trinajstić information content (AvgIpc) is 2.99. The van der Waals surface area contributed by atoms with E-state index in [1.54, 1.807) is 6.92 Å². The summed E-state index contributed by atoms with van der Waals surface area (Å²) >= 11 is 0. The molecule has 1 amide bonds. The van der Waals surface area contributed by atoms with Gasteiger partial charge in [0.2, 0.25) is 5.91 Å². The second kappa shape index (κ2) is 36.4. The second-order valence-electron chi connectivity index (χ2n) is 13.7. The van der Waals surface area contributed by atoms with Crippen molar-refractivity contribution in [3.05, 3.63) is 12.2 Å². The molecule has 2 nitrogen and oxygen atoms in total. The van der Waals surface area contributed by atoms with E-state index in [0.717, 1.165) is 13.0 Å². The van der Waals surface area contributed by atoms with Crippen molar-refractivity contribution >= 4 is 5.91 Å². The number of unbranched alkanes of at least 4 members (excludes halogenated alkanes) is 33. The van der Waals surface area contributed by atoms with E-state index in [9.17, 15) is 4.79 Å². The first-order valence-corrected chi connectivity index (χ1v) is 19.6. The Morgan fingerprint density at radius 1 is 0.381 bits per heavy atom. The Morgan fingerprint density at radius 3 is 0.762 bits per heavy atom. The van der Waals surface area contributed by atoms with E-state index in [4.69, 9.17) is 0 Å². The van der Waals surface area contributed by atoms with Crippen LogP contribution in [0.5, 0.6) is 0 Å². The van der Waals surface area contributed by atoms with E-state index in [1.807, 2.05) is 0 Å². The van der Waals surface area contributed by atoms with Crippen LogP contribution in [0.25, 0.3) is 0 Å². The molecular formula is C40H79NO. The van der Waals surface area contributed by atoms with Crippen LogP contribution in [0, 0.1) is 0 Å². The zero-order valence-electron chi connectivity index (χ0n) is 29.4. The SMILES string of the molecule is C=C(C)C(=O)NCCCCCCCCCCCCCCCCCCCCCCCCCCCCCCCCCCCC. The van der Waals surface area contributed by atoms with Crippen LogP contribution in [-0.4, -0.2) is 12.5 Å². The van der Waals surface area contributed by atoms with Crippen molar-refractivity contribution < 1.29 is 4.79 Å². The standard InChI is InChI=1S/C40H79NO/c1-4-5-6-7-8-9-10-11-12-13-14-15-16-17-18-19-20-21-22-23-24-25-26-27-28-29-30-31-32-33-34-35-36-37-38-41-40(42)39(2)3/h2,4-38H2,1,3H3,(H,41,42). The Balaban J connectivity index is 3.06. The van der Waals surface area contributed by atoms with Crippen LogP contribution in [0.1, 0.15) is 232 Å². The van der Waals surface area contributed by atoms with Gasteiger partial charge in [0.15, 0.2) is 0 Å². The zero-order valence-corrected chi connectivity index (χ0v) is 29.4. The molecule has 0 saturated heterocycles. The Labute approximate surface area is 266 Å². The summed E-state index contributed by atoms with van der Waals surface area (Å²) in [6.07, 6.45) is 48.9. The van der Waals surface area contributed by atoms with Crippen LogP contribution in [-0.2, 0) is 4.79 Å². The third-order valence-corrected chi connectivity index (χ3v) is 9.20. The fourth-order valence-corrected chi connectivity index (χ4v) is 6.21. The first-order chi connectivity index (χ1) is 20.7. The number of hydrogen-bond donors (Lipinski definition) is 1. The summed E-state index contributed by atoms with van der Waals surface area (Å²) in [7, 11) is 0. The summed E-state index contributed by atoms with van der Waals surface area (Å²) < 4.78 is 0. The summed E-state index contributed by atoms with van der Waals surface area (Å²) in [5.74, 6) is 0.000962. The van der Waals surface area contributed by atoms with Gasteiger partial charge in [-0.15, -0.1) is 0 Å². The van der Waals surface area contributed by atoms with E-state index in [2.05, 4.69) is 18.8 Å². The molecule has 0 heterocycles. The van der Waals surface area contributed by atoms with E-state index >= 15 is 0 Å². The third kappa shape index (κ3) is 35.4. The molecule has 0 aromatic carbocycles. The first-order valence-electron chi connectivity index (χ1n) is 19.6. The maximum atomic E-state index is 11.4. The van der Waals surface area contributed by atoms with Crippen LogP contribution >= 0.6 is 0 Å². The van der Waals surface area contributed by atoms with Crippen molar-refractivity contribution in [1.82, 2.24) is 5.32 Å². The second-order valence-corrected chi connectivity index (χ2v) is 13.7. The lowest BCUT2D eigenvalue weighted by molar-refractivity contribution is -0.117. The molecule has 0 aromatic rings. The Morgan fingerprint density at radius 2 is 0.571 bits per heavy atom. The number of carbonyl (C=O) groups excluding carboxylic acids is 1. The lowest BCUT2D eigenvalue weighted by Gasteiger charge is -2.05. The fourth-order valence-electron chi connectivity index (χ4n) is 6.21. The normalized spacial score (nSPS) is 11.3. The first kappa shape index (κ1) is 41.2. The number of nitrogens with one attached hydrogen (secondary N) is 1. The predicted molar refractivity (Wildman–Crippen MR) is 190 cm³/mol. The lowest BCUT2D eigenvalue weighted by Crippen LogP contribution is -2.24. The van der Waals surface area contributed by atoms with Crippen LogP contribution in [0.15, 0.2) is 12.2 Å². The number of rotatable bonds is 36. The molecule has 0 bridgehead atoms. The molecule has 0 aliphatic carbocycles. The lowest BCUT2D eigenvalue weighted by atomic mass is 10.0. The highest BCUT2D eigenvalue weighted by Gasteiger charge is 2.00. The quantitative estimate of drug-likeness (QED) is 0.0571. The van der Waals surface area contributed by atoms with Gasteiger partial charge in [-0.3, -0.25) is 4.79 Å². The molecule has 42 heavy (non-hydrogen) atoms. The minimum absolute atomic E-state index is 0.000962. The molecule has 250 valence electrons. The monoisotopic (exact) mass is 590 g/mol. The van der Waals surface area contributed by atoms with Gasteiger partial charge in [0, 0.05) is 12.1 Å². The van der Waals surface area contributed by atoms with Crippen LogP contribution in [0.3, 0.4) is 0 Å². The van der Waals surface area contributed by atoms with Crippen molar-refractivity contribution in [1.29, 1.82) is 0 Å². The minimum Gasteiger partial charge on any atom is -0.352 e. The molecule has 0 rings (SSSR count). The highest BCUT2D eigenvalue weighted by molar-refractivity contribution is 5.91. The van der Waals surface area contributed by atoms with Crippen LogP contribution < -0.4 is 5.32 Å². The molecule has 0 unspecified atom stereocenters. The highest BCUT2D eigenvalue weighted by Crippen LogP contribution is 2.17. The summed E-state index contributed by atoms with van der Waals surface area (Å²) in [6, 6.07) is 0. The van der Waals surface area contributed by atoms with E-state index in [-0.39, 0.29) is 5.91 Å². The maximum Gasteiger partial charge on any atom is 0.246 e. The van der Waals surface area contributed by atoms with Crippen molar-refractivity contribution in [3.8, 4) is 0 Å². The van der Waals surface area contributed by atoms with Crippen molar-refractivity contribution in [2.24, 2.45) is 0 Å². The third-order valence-electron chi connectivity index (χ3n) is 9.20. The van der Waals surface area contributed by atoms with Gasteiger partial charge in [-0.05, 0) is 13.3 Å². The van der Waals surface area contributed by atoms with Gasteiger partial charge in [0.1, 0.15) is 0 Å². The molecule has 0 saturated carbocycles. The van der Waals surface area contributed by atoms with Crippen molar-refractivity contribution in [2.45, 2.75) is 232 Å². The molecule has 0 atom stereocenters. The van der Waals surface area contributed by atoms with E-state index in [1.165, 1.54) is 212 Å². The molecule has 0 radical (unpaired) electrons. The zero-order chi connectivity index (χ0) is 30.6. The number of carbonyl (C=O) groups is 1. The summed E-state index contributed by atoms with van der Waals surface area (Å²) in [4.78, 5) is 11.4. The smallest absolute Gasteiger partial charge is 0.246 e. The molecule has 0 aliphatic rings. The molecule has 2 heteroatoms. The molecule has 0 aromatic heterocycles. The number of amides is 1. The molecular weight excluding hydrogens is 510 g/mol. The number of hydrogen-bond acceptors (Lipinski definition) is 1. The Kier molecular flexibility index (Phi) is 35.7. The molecule has 0 fully saturated rings. The van der Waals surface area contributed by atoms with Crippen molar-refractivity contribution in [2.75, 3.05) is 6.54 Å². The van der Waals surface area contributed by atoms with Gasteiger partial charge in [-0.1, -0.05) is 225 Å². The van der Waals surface area contributed by atoms with Crippen molar-refractivity contribution in [3.63, 3.8) is 0 Å². The Hall–Kier alpha value is -0.790. The largest absolute Gasteiger partial charge is 0.352 e. The summed E-state index contributed by atoms with van der Waals surface area (Å²) in [5.41, 5.74) is 0.608. The van der Waals surface area contributed by atoms with Crippen LogP contribution in [0.2, 0.25) is 0 Å². The summed E-state index contributed by atoms with van der Waals surface area (Å²) in [6.45, 7) is 8.53. The van der Waals surface area contributed by atoms with Gasteiger partial charge in [-0.2, -0.15) is 0 Å². The fraction of sp³-hybridized carbons (Fsp3) is 0.925. The Bertz CT molecular complexity index is 542. The van der Waals surface area contributed by atoms with E-state index in [0.29, 0.717) is 5.57 Å². The van der Waals surface area contributed by atoms with Crippen LogP contribution in [0.4, 0.5) is 0 Å². The molecule has 0 aliphatic heterocycles. The molecule has 1 N–H and O–H groups in total. The predicted octanol–water partition coefficient (Wildman–Crippen LogP) is 14.0. The topological polar surface area (TPSA) is 29.1 Å². The van der Waals surface area contributed by atoms with Gasteiger partial charge >= 0.3 is 0 Å². The van der Waals surface area contributed by atoms with Gasteiger partial charge in [-0.25, -0.2) is 0 Å². The maximum absolute atomic E-state index is 11.4. The average molecular weight is 590 g/mol. The van der Waals surface area contributed by atoms with Gasteiger partial charge in [0.25, 0.3) is 0 Å². The van der Waals surface area contributed by atoms with E-state index < -0.39 is 0 Å². The van der Waals surface area contributed by atoms with Gasteiger partial charge < -0.3 is 5.32 Å². The summed E-state index contributed by atoms with van der Waals surface area (Å²) in [5, 5.41) is 2.92.